The molecule has 0 spiro atoms. The molecule has 1 saturated carbocycles. The van der Waals surface area contributed by atoms with Gasteiger partial charge in [-0.1, -0.05) is 30.9 Å². The van der Waals surface area contributed by atoms with Crippen LogP contribution in [0.15, 0.2) is 23.1 Å². The second-order valence-electron chi connectivity index (χ2n) is 7.81. The van der Waals surface area contributed by atoms with Crippen molar-refractivity contribution in [2.45, 2.75) is 37.0 Å². The molecule has 1 N–H and O–H groups in total. The fraction of sp³-hybridized carbons (Fsp3) is 0.632. The summed E-state index contributed by atoms with van der Waals surface area (Å²) < 4.78 is 25.7. The van der Waals surface area contributed by atoms with Gasteiger partial charge in [-0.05, 0) is 49.4 Å². The van der Waals surface area contributed by atoms with Crippen LogP contribution in [0.1, 0.15) is 32.1 Å². The Morgan fingerprint density at radius 2 is 1.93 bits per heavy atom. The lowest BCUT2D eigenvalue weighted by Gasteiger charge is -2.41. The number of piperidine rings is 1. The van der Waals surface area contributed by atoms with E-state index in [2.05, 4.69) is 10.2 Å². The third kappa shape index (κ3) is 4.83. The van der Waals surface area contributed by atoms with Gasteiger partial charge >= 0.3 is 0 Å². The van der Waals surface area contributed by atoms with E-state index in [-0.39, 0.29) is 10.8 Å². The van der Waals surface area contributed by atoms with Crippen LogP contribution in [0, 0.1) is 11.8 Å². The van der Waals surface area contributed by atoms with Crippen LogP contribution in [0.4, 0.5) is 5.69 Å². The number of benzene rings is 1. The van der Waals surface area contributed by atoms with Gasteiger partial charge < -0.3 is 5.32 Å². The monoisotopic (exact) mass is 413 g/mol. The van der Waals surface area contributed by atoms with Crippen LogP contribution in [0.25, 0.3) is 0 Å². The van der Waals surface area contributed by atoms with Crippen LogP contribution >= 0.6 is 11.6 Å². The zero-order valence-corrected chi connectivity index (χ0v) is 17.5. The molecule has 1 saturated heterocycles. The molecule has 1 aromatic carbocycles. The lowest BCUT2D eigenvalue weighted by molar-refractivity contribution is -0.118. The first-order valence-corrected chi connectivity index (χ1v) is 11.3. The number of anilines is 1. The van der Waals surface area contributed by atoms with Crippen LogP contribution < -0.4 is 5.32 Å². The fourth-order valence-electron chi connectivity index (χ4n) is 4.18. The zero-order valence-electron chi connectivity index (χ0n) is 15.9. The first-order chi connectivity index (χ1) is 12.8. The summed E-state index contributed by atoms with van der Waals surface area (Å²) in [5.41, 5.74) is 0.331. The Balaban J connectivity index is 1.64. The molecule has 2 fully saturated rings. The maximum atomic E-state index is 12.5. The first kappa shape index (κ1) is 20.6. The second kappa shape index (κ2) is 8.47. The number of carbonyl (C=O) groups excluding carboxylic acids is 1. The molecule has 2 aliphatic rings. The molecule has 0 bridgehead atoms. The molecule has 1 aromatic rings. The lowest BCUT2D eigenvalue weighted by Crippen LogP contribution is -2.44. The maximum absolute atomic E-state index is 12.5. The van der Waals surface area contributed by atoms with Gasteiger partial charge in [-0.25, -0.2) is 12.7 Å². The molecule has 6 nitrogen and oxygen atoms in total. The van der Waals surface area contributed by atoms with Crippen molar-refractivity contribution in [1.29, 1.82) is 0 Å². The average Bonchev–Trinajstić information content (AvgIpc) is 2.63. The Bertz CT molecular complexity index is 797. The molecular formula is C19H28ClN3O3S. The van der Waals surface area contributed by atoms with Gasteiger partial charge in [0.1, 0.15) is 0 Å². The summed E-state index contributed by atoms with van der Waals surface area (Å²) in [6, 6.07) is 4.37. The third-order valence-corrected chi connectivity index (χ3v) is 7.87. The van der Waals surface area contributed by atoms with E-state index in [4.69, 9.17) is 11.6 Å². The number of hydrogen-bond donors (Lipinski definition) is 1. The largest absolute Gasteiger partial charge is 0.324 e. The van der Waals surface area contributed by atoms with Crippen molar-refractivity contribution >= 4 is 33.2 Å². The minimum atomic E-state index is -3.58. The number of sulfonamides is 1. The molecular weight excluding hydrogens is 386 g/mol. The second-order valence-corrected chi connectivity index (χ2v) is 10.4. The number of nitrogens with zero attached hydrogens (tertiary/aromatic N) is 2. The highest BCUT2D eigenvalue weighted by molar-refractivity contribution is 7.89. The lowest BCUT2D eigenvalue weighted by atomic mass is 9.75. The summed E-state index contributed by atoms with van der Waals surface area (Å²) >= 11 is 6.17. The van der Waals surface area contributed by atoms with Crippen LogP contribution in [0.5, 0.6) is 0 Å². The molecule has 150 valence electrons. The number of carbonyl (C=O) groups is 1. The van der Waals surface area contributed by atoms with Gasteiger partial charge in [-0.2, -0.15) is 0 Å². The number of amides is 1. The summed E-state index contributed by atoms with van der Waals surface area (Å²) in [5.74, 6) is 1.36. The highest BCUT2D eigenvalue weighted by atomic mass is 35.5. The van der Waals surface area contributed by atoms with Crippen molar-refractivity contribution in [2.24, 2.45) is 11.8 Å². The van der Waals surface area contributed by atoms with E-state index in [1.807, 2.05) is 0 Å². The Kier molecular flexibility index (Phi) is 6.46. The molecule has 8 heteroatoms. The van der Waals surface area contributed by atoms with Crippen molar-refractivity contribution < 1.29 is 13.2 Å². The zero-order chi connectivity index (χ0) is 19.6. The van der Waals surface area contributed by atoms with Gasteiger partial charge in [0, 0.05) is 20.6 Å². The topological polar surface area (TPSA) is 69.7 Å². The molecule has 0 unspecified atom stereocenters. The molecule has 1 aliphatic heterocycles. The molecule has 2 atom stereocenters. The van der Waals surface area contributed by atoms with E-state index in [0.29, 0.717) is 23.2 Å². The Morgan fingerprint density at radius 1 is 1.22 bits per heavy atom. The van der Waals surface area contributed by atoms with E-state index in [1.54, 1.807) is 0 Å². The summed E-state index contributed by atoms with van der Waals surface area (Å²) in [5, 5.41) is 3.11. The highest BCUT2D eigenvalue weighted by Crippen LogP contribution is 2.36. The molecule has 0 aromatic heterocycles. The van der Waals surface area contributed by atoms with Gasteiger partial charge in [0.15, 0.2) is 0 Å². The number of fused-ring (bicyclic) bond motifs is 1. The van der Waals surface area contributed by atoms with Crippen LogP contribution in [0.3, 0.4) is 0 Å². The van der Waals surface area contributed by atoms with Crippen molar-refractivity contribution in [3.63, 3.8) is 0 Å². The predicted molar refractivity (Wildman–Crippen MR) is 107 cm³/mol. The molecule has 27 heavy (non-hydrogen) atoms. The molecule has 3 rings (SSSR count). The standard InChI is InChI=1S/C19H28ClN3O3S/c1-22(2)27(25,26)16-7-8-17(20)18(11-16)21-19(24)13-23-10-9-14-5-3-4-6-15(14)12-23/h7-8,11,14-15H,3-6,9-10,12-13H2,1-2H3,(H,21,24)/t14-,15-/m1/s1. The highest BCUT2D eigenvalue weighted by Gasteiger charge is 2.31. The van der Waals surface area contributed by atoms with E-state index in [1.165, 1.54) is 58.0 Å². The normalized spacial score (nSPS) is 23.9. The maximum Gasteiger partial charge on any atom is 0.242 e. The molecule has 0 radical (unpaired) electrons. The number of nitrogens with one attached hydrogen (secondary N) is 1. The van der Waals surface area contributed by atoms with E-state index in [9.17, 15) is 13.2 Å². The van der Waals surface area contributed by atoms with Gasteiger partial charge in [0.25, 0.3) is 0 Å². The average molecular weight is 414 g/mol. The number of hydrogen-bond acceptors (Lipinski definition) is 4. The summed E-state index contributed by atoms with van der Waals surface area (Å²) in [6.45, 7) is 2.22. The van der Waals surface area contributed by atoms with Gasteiger partial charge in [0.2, 0.25) is 15.9 Å². The number of halogens is 1. The minimum absolute atomic E-state index is 0.107. The van der Waals surface area contributed by atoms with Crippen LogP contribution in [-0.4, -0.2) is 57.3 Å². The summed E-state index contributed by atoms with van der Waals surface area (Å²) in [7, 11) is -0.641. The van der Waals surface area contributed by atoms with Crippen LogP contribution in [-0.2, 0) is 14.8 Å². The number of rotatable bonds is 5. The molecule has 1 aliphatic carbocycles. The summed E-state index contributed by atoms with van der Waals surface area (Å²) in [4.78, 5) is 14.8. The van der Waals surface area contributed by atoms with Crippen molar-refractivity contribution in [1.82, 2.24) is 9.21 Å². The van der Waals surface area contributed by atoms with Crippen LogP contribution in [0.2, 0.25) is 5.02 Å². The summed E-state index contributed by atoms with van der Waals surface area (Å²) in [6.07, 6.45) is 6.39. The van der Waals surface area contributed by atoms with Crippen molar-refractivity contribution in [2.75, 3.05) is 39.0 Å². The smallest absolute Gasteiger partial charge is 0.242 e. The quantitative estimate of drug-likeness (QED) is 0.805. The predicted octanol–water partition coefficient (Wildman–Crippen LogP) is 3.04. The minimum Gasteiger partial charge on any atom is -0.324 e. The van der Waals surface area contributed by atoms with E-state index < -0.39 is 10.0 Å². The Hall–Kier alpha value is -1.15. The number of likely N-dealkylation sites (tertiary alicyclic amines) is 1. The Morgan fingerprint density at radius 3 is 2.63 bits per heavy atom. The van der Waals surface area contributed by atoms with Crippen molar-refractivity contribution in [3.05, 3.63) is 23.2 Å². The SMILES string of the molecule is CN(C)S(=O)(=O)c1ccc(Cl)c(NC(=O)CN2CC[C@H]3CCCC[C@@H]3C2)c1. The Labute approximate surface area is 166 Å². The van der Waals surface area contributed by atoms with Gasteiger partial charge in [-0.3, -0.25) is 9.69 Å². The van der Waals surface area contributed by atoms with Crippen molar-refractivity contribution in [3.8, 4) is 0 Å². The molecule has 1 amide bonds. The van der Waals surface area contributed by atoms with E-state index in [0.717, 1.165) is 29.7 Å². The molecule has 1 heterocycles. The van der Waals surface area contributed by atoms with E-state index >= 15 is 0 Å². The fourth-order valence-corrected chi connectivity index (χ4v) is 5.28. The third-order valence-electron chi connectivity index (χ3n) is 5.73. The van der Waals surface area contributed by atoms with Gasteiger partial charge in [0.05, 0.1) is 22.2 Å². The first-order valence-electron chi connectivity index (χ1n) is 9.51. The van der Waals surface area contributed by atoms with Gasteiger partial charge in [-0.15, -0.1) is 0 Å².